The summed E-state index contributed by atoms with van der Waals surface area (Å²) in [5.41, 5.74) is 0. The molecule has 3 atom stereocenters. The summed E-state index contributed by atoms with van der Waals surface area (Å²) in [6, 6.07) is 1.84. The lowest BCUT2D eigenvalue weighted by atomic mass is 9.85. The highest BCUT2D eigenvalue weighted by Crippen LogP contribution is 2.35. The van der Waals surface area contributed by atoms with Crippen LogP contribution in [0.4, 0.5) is 0 Å². The monoisotopic (exact) mass is 265 g/mol. The van der Waals surface area contributed by atoms with Gasteiger partial charge in [-0.3, -0.25) is 0 Å². The van der Waals surface area contributed by atoms with E-state index in [-0.39, 0.29) is 0 Å². The van der Waals surface area contributed by atoms with E-state index >= 15 is 0 Å². The first-order chi connectivity index (χ1) is 5.27. The Labute approximate surface area is 82.7 Å². The predicted molar refractivity (Wildman–Crippen MR) is 56.2 cm³/mol. The number of nitrogens with zero attached hydrogens (tertiary/aromatic N) is 1. The molecular weight excluding hydrogens is 249 g/mol. The Morgan fingerprint density at radius 2 is 1.73 bits per heavy atom. The molecule has 0 aromatic rings. The lowest BCUT2D eigenvalue weighted by Crippen LogP contribution is -2.49. The van der Waals surface area contributed by atoms with Gasteiger partial charge in [-0.25, -0.2) is 0 Å². The maximum atomic E-state index is 2.63. The van der Waals surface area contributed by atoms with Gasteiger partial charge in [-0.1, -0.05) is 29.0 Å². The van der Waals surface area contributed by atoms with E-state index in [9.17, 15) is 0 Å². The second kappa shape index (κ2) is 3.21. The molecule has 64 valence electrons. The minimum Gasteiger partial charge on any atom is -0.300 e. The van der Waals surface area contributed by atoms with Crippen molar-refractivity contribution in [2.45, 2.75) is 48.1 Å². The zero-order valence-electron chi connectivity index (χ0n) is 7.09. The van der Waals surface area contributed by atoms with Crippen LogP contribution in [-0.2, 0) is 0 Å². The molecular formula is C9H16IN. The molecule has 0 radical (unpaired) electrons. The minimum atomic E-state index is 0.921. The van der Waals surface area contributed by atoms with Gasteiger partial charge in [-0.15, -0.1) is 0 Å². The van der Waals surface area contributed by atoms with Gasteiger partial charge in [0.2, 0.25) is 0 Å². The van der Waals surface area contributed by atoms with Crippen molar-refractivity contribution in [3.8, 4) is 0 Å². The van der Waals surface area contributed by atoms with Crippen LogP contribution < -0.4 is 0 Å². The Bertz CT molecular complexity index is 134. The number of hydrogen-bond acceptors (Lipinski definition) is 1. The quantitative estimate of drug-likeness (QED) is 0.480. The zero-order valence-corrected chi connectivity index (χ0v) is 9.25. The summed E-state index contributed by atoms with van der Waals surface area (Å²) in [5, 5.41) is 0. The SMILES string of the molecule is CN1[C@@H]2CCC[C@H]1CC(I)C2. The van der Waals surface area contributed by atoms with Crippen molar-refractivity contribution in [1.82, 2.24) is 4.90 Å². The molecule has 2 saturated heterocycles. The highest BCUT2D eigenvalue weighted by atomic mass is 127. The number of hydrogen-bond donors (Lipinski definition) is 0. The van der Waals surface area contributed by atoms with Crippen molar-refractivity contribution < 1.29 is 0 Å². The Kier molecular flexibility index (Phi) is 2.42. The molecule has 0 aliphatic carbocycles. The van der Waals surface area contributed by atoms with Gasteiger partial charge in [0.05, 0.1) is 0 Å². The first-order valence-corrected chi connectivity index (χ1v) is 5.88. The highest BCUT2D eigenvalue weighted by molar-refractivity contribution is 14.1. The Balaban J connectivity index is 2.07. The van der Waals surface area contributed by atoms with E-state index in [4.69, 9.17) is 0 Å². The molecule has 0 saturated carbocycles. The van der Waals surface area contributed by atoms with Crippen molar-refractivity contribution in [2.75, 3.05) is 7.05 Å². The van der Waals surface area contributed by atoms with Crippen LogP contribution in [0.15, 0.2) is 0 Å². The summed E-state index contributed by atoms with van der Waals surface area (Å²) in [7, 11) is 2.32. The molecule has 0 aromatic heterocycles. The molecule has 0 amide bonds. The number of alkyl halides is 1. The van der Waals surface area contributed by atoms with Crippen LogP contribution in [0, 0.1) is 0 Å². The molecule has 2 aliphatic heterocycles. The molecule has 1 unspecified atom stereocenters. The number of piperidine rings is 2. The average Bonchev–Trinajstić information content (AvgIpc) is 1.92. The third-order valence-corrected chi connectivity index (χ3v) is 4.30. The normalized spacial score (nSPS) is 45.8. The van der Waals surface area contributed by atoms with Crippen LogP contribution in [-0.4, -0.2) is 28.0 Å². The van der Waals surface area contributed by atoms with Crippen molar-refractivity contribution in [1.29, 1.82) is 0 Å². The van der Waals surface area contributed by atoms with Crippen LogP contribution >= 0.6 is 22.6 Å². The Hall–Kier alpha value is 0.690. The van der Waals surface area contributed by atoms with E-state index < -0.39 is 0 Å². The van der Waals surface area contributed by atoms with Crippen molar-refractivity contribution in [2.24, 2.45) is 0 Å². The van der Waals surface area contributed by atoms with Crippen molar-refractivity contribution >= 4 is 22.6 Å². The largest absolute Gasteiger partial charge is 0.300 e. The first-order valence-electron chi connectivity index (χ1n) is 4.63. The standard InChI is InChI=1S/C9H16IN/c1-11-8-3-2-4-9(11)6-7(10)5-8/h7-9H,2-6H2,1H3/t7?,8-,9+. The Morgan fingerprint density at radius 1 is 1.18 bits per heavy atom. The fourth-order valence-electron chi connectivity index (χ4n) is 2.55. The molecule has 0 aromatic carbocycles. The minimum absolute atomic E-state index is 0.921. The van der Waals surface area contributed by atoms with Gasteiger partial charge in [0.1, 0.15) is 0 Å². The number of fused-ring (bicyclic) bond motifs is 2. The fourth-order valence-corrected chi connectivity index (χ4v) is 3.72. The van der Waals surface area contributed by atoms with Crippen molar-refractivity contribution in [3.63, 3.8) is 0 Å². The second-order valence-electron chi connectivity index (χ2n) is 3.97. The summed E-state index contributed by atoms with van der Waals surface area (Å²) in [6.45, 7) is 0. The average molecular weight is 265 g/mol. The summed E-state index contributed by atoms with van der Waals surface area (Å²) in [4.78, 5) is 2.62. The summed E-state index contributed by atoms with van der Waals surface area (Å²) in [6.07, 6.45) is 7.25. The van der Waals surface area contributed by atoms with Gasteiger partial charge in [0.25, 0.3) is 0 Å². The van der Waals surface area contributed by atoms with Crippen LogP contribution in [0.25, 0.3) is 0 Å². The van der Waals surface area contributed by atoms with E-state index in [1.54, 1.807) is 0 Å². The van der Waals surface area contributed by atoms with Gasteiger partial charge >= 0.3 is 0 Å². The summed E-state index contributed by atoms with van der Waals surface area (Å²) >= 11 is 2.63. The van der Waals surface area contributed by atoms with Gasteiger partial charge in [-0.05, 0) is 32.7 Å². The molecule has 0 spiro atoms. The maximum absolute atomic E-state index is 2.63. The van der Waals surface area contributed by atoms with E-state index in [0.717, 1.165) is 16.0 Å². The molecule has 2 fully saturated rings. The van der Waals surface area contributed by atoms with Crippen LogP contribution in [0.5, 0.6) is 0 Å². The lowest BCUT2D eigenvalue weighted by molar-refractivity contribution is 0.0731. The van der Waals surface area contributed by atoms with Crippen LogP contribution in [0.1, 0.15) is 32.1 Å². The van der Waals surface area contributed by atoms with E-state index in [2.05, 4.69) is 34.5 Å². The lowest BCUT2D eigenvalue weighted by Gasteiger charge is -2.45. The van der Waals surface area contributed by atoms with Crippen molar-refractivity contribution in [3.05, 3.63) is 0 Å². The summed E-state index contributed by atoms with van der Waals surface area (Å²) in [5.74, 6) is 0. The predicted octanol–water partition coefficient (Wildman–Crippen LogP) is 2.44. The molecule has 0 N–H and O–H groups in total. The Morgan fingerprint density at radius 3 is 2.27 bits per heavy atom. The van der Waals surface area contributed by atoms with Gasteiger partial charge in [-0.2, -0.15) is 0 Å². The summed E-state index contributed by atoms with van der Waals surface area (Å²) < 4.78 is 0.957. The molecule has 11 heavy (non-hydrogen) atoms. The fraction of sp³-hybridized carbons (Fsp3) is 1.00. The van der Waals surface area contributed by atoms with E-state index in [1.807, 2.05) is 0 Å². The third-order valence-electron chi connectivity index (χ3n) is 3.28. The van der Waals surface area contributed by atoms with Crippen LogP contribution in [0.3, 0.4) is 0 Å². The van der Waals surface area contributed by atoms with Gasteiger partial charge < -0.3 is 4.90 Å². The molecule has 2 rings (SSSR count). The van der Waals surface area contributed by atoms with Gasteiger partial charge in [0, 0.05) is 16.0 Å². The van der Waals surface area contributed by atoms with E-state index in [1.165, 1.54) is 32.1 Å². The molecule has 2 aliphatic rings. The third kappa shape index (κ3) is 1.57. The topological polar surface area (TPSA) is 3.24 Å². The molecule has 1 nitrogen and oxygen atoms in total. The van der Waals surface area contributed by atoms with Crippen LogP contribution in [0.2, 0.25) is 0 Å². The second-order valence-corrected chi connectivity index (χ2v) is 5.73. The number of halogens is 1. The molecule has 2 heterocycles. The first kappa shape index (κ1) is 8.30. The smallest absolute Gasteiger partial charge is 0.0139 e. The molecule has 2 bridgehead atoms. The number of rotatable bonds is 0. The maximum Gasteiger partial charge on any atom is 0.0139 e. The molecule has 2 heteroatoms. The zero-order chi connectivity index (χ0) is 7.84. The van der Waals surface area contributed by atoms with E-state index in [0.29, 0.717) is 0 Å². The highest BCUT2D eigenvalue weighted by Gasteiger charge is 2.34. The van der Waals surface area contributed by atoms with Gasteiger partial charge in [0.15, 0.2) is 0 Å².